The summed E-state index contributed by atoms with van der Waals surface area (Å²) in [4.78, 5) is 18.8. The van der Waals surface area contributed by atoms with Crippen LogP contribution in [0.15, 0.2) is 10.4 Å². The summed E-state index contributed by atoms with van der Waals surface area (Å²) in [5.74, 6) is -0.151. The quantitative estimate of drug-likeness (QED) is 0.390. The zero-order chi connectivity index (χ0) is 15.8. The molecule has 9 nitrogen and oxygen atoms in total. The largest absolute Gasteiger partial charge is 0.451 e. The zero-order valence-corrected chi connectivity index (χ0v) is 12.7. The Morgan fingerprint density at radius 2 is 2.33 bits per heavy atom. The highest BCUT2D eigenvalue weighted by Gasteiger charge is 2.12. The number of carbonyl (C=O) groups excluding carboxylic acids is 1. The van der Waals surface area contributed by atoms with Gasteiger partial charge in [-0.15, -0.1) is 16.3 Å². The van der Waals surface area contributed by atoms with E-state index in [1.807, 2.05) is 12.3 Å². The van der Waals surface area contributed by atoms with E-state index in [0.717, 1.165) is 12.1 Å². The molecule has 1 heterocycles. The highest BCUT2D eigenvalue weighted by molar-refractivity contribution is 7.13. The summed E-state index contributed by atoms with van der Waals surface area (Å²) in [6, 6.07) is -0.0225. The molecule has 0 aliphatic rings. The third-order valence-electron chi connectivity index (χ3n) is 2.48. The number of hydrogen-bond acceptors (Lipinski definition) is 5. The van der Waals surface area contributed by atoms with Crippen molar-refractivity contribution in [1.29, 1.82) is 5.41 Å². The number of amides is 1. The molecule has 10 heteroatoms. The second-order valence-corrected chi connectivity index (χ2v) is 4.96. The standard InChI is InChI=1S/C11H19N7O2S/c1-3-6(15-9(14)18-11(19)20-2)4-7-5-21-10(16-7)17-8(12)13/h5-6H,3-4H2,1-2H3,(H4,12,13,16,17)(H3,14,15,18,19). The van der Waals surface area contributed by atoms with Gasteiger partial charge in [0.25, 0.3) is 0 Å². The van der Waals surface area contributed by atoms with Gasteiger partial charge < -0.3 is 26.8 Å². The Kier molecular flexibility index (Phi) is 6.40. The van der Waals surface area contributed by atoms with Crippen LogP contribution in [0.4, 0.5) is 9.93 Å². The number of hydrogen-bond donors (Lipinski definition) is 5. The van der Waals surface area contributed by atoms with Gasteiger partial charge in [-0.3, -0.25) is 5.41 Å². The Morgan fingerprint density at radius 1 is 1.62 bits per heavy atom. The lowest BCUT2D eigenvalue weighted by molar-refractivity contribution is 0.182. The van der Waals surface area contributed by atoms with Gasteiger partial charge in [-0.25, -0.2) is 9.78 Å². The molecule has 116 valence electrons. The molecule has 0 aromatic carbocycles. The van der Waals surface area contributed by atoms with Gasteiger partial charge in [0.1, 0.15) is 0 Å². The van der Waals surface area contributed by atoms with E-state index in [9.17, 15) is 4.79 Å². The molecule has 0 aliphatic carbocycles. The molecule has 0 spiro atoms. The van der Waals surface area contributed by atoms with Gasteiger partial charge in [0, 0.05) is 17.8 Å². The van der Waals surface area contributed by atoms with Crippen molar-refractivity contribution in [3.05, 3.63) is 11.1 Å². The van der Waals surface area contributed by atoms with E-state index in [0.29, 0.717) is 11.6 Å². The molecule has 0 radical (unpaired) electrons. The lowest BCUT2D eigenvalue weighted by Crippen LogP contribution is -2.41. The molecule has 1 aromatic heterocycles. The first-order chi connectivity index (χ1) is 9.94. The second kappa shape index (κ2) is 8.04. The fourth-order valence-electron chi connectivity index (χ4n) is 1.51. The van der Waals surface area contributed by atoms with E-state index in [4.69, 9.17) is 16.9 Å². The fourth-order valence-corrected chi connectivity index (χ4v) is 2.24. The SMILES string of the molecule is CCC(Cc1csc(NC(=N)N)n1)N/C(N)=N\C(=O)OC. The summed E-state index contributed by atoms with van der Waals surface area (Å²) >= 11 is 1.36. The van der Waals surface area contributed by atoms with Crippen LogP contribution < -0.4 is 22.1 Å². The van der Waals surface area contributed by atoms with Crippen LogP contribution in [0.5, 0.6) is 0 Å². The van der Waals surface area contributed by atoms with Gasteiger partial charge in [-0.05, 0) is 6.42 Å². The molecule has 1 amide bonds. The average Bonchev–Trinajstić information content (AvgIpc) is 2.83. The Morgan fingerprint density at radius 3 is 2.90 bits per heavy atom. The predicted molar refractivity (Wildman–Crippen MR) is 82.6 cm³/mol. The first kappa shape index (κ1) is 16.7. The molecular weight excluding hydrogens is 294 g/mol. The number of methoxy groups -OCH3 is 1. The van der Waals surface area contributed by atoms with E-state index in [2.05, 4.69) is 25.3 Å². The highest BCUT2D eigenvalue weighted by Crippen LogP contribution is 2.16. The van der Waals surface area contributed by atoms with Crippen molar-refractivity contribution < 1.29 is 9.53 Å². The molecule has 0 saturated carbocycles. The van der Waals surface area contributed by atoms with Crippen LogP contribution in [0, 0.1) is 5.41 Å². The van der Waals surface area contributed by atoms with Crippen molar-refractivity contribution in [1.82, 2.24) is 10.3 Å². The normalized spacial score (nSPS) is 12.6. The molecule has 1 aromatic rings. The van der Waals surface area contributed by atoms with E-state index >= 15 is 0 Å². The Bertz CT molecular complexity index is 528. The predicted octanol–water partition coefficient (Wildman–Crippen LogP) is 0.440. The monoisotopic (exact) mass is 313 g/mol. The van der Waals surface area contributed by atoms with E-state index in [-0.39, 0.29) is 18.0 Å². The number of nitrogens with one attached hydrogen (secondary N) is 3. The molecule has 0 fully saturated rings. The minimum absolute atomic E-state index is 0.00557. The number of aromatic nitrogens is 1. The van der Waals surface area contributed by atoms with Crippen molar-refractivity contribution >= 4 is 34.5 Å². The minimum atomic E-state index is -0.753. The molecule has 1 atom stereocenters. The number of ether oxygens (including phenoxy) is 1. The van der Waals surface area contributed by atoms with E-state index in [1.54, 1.807) is 0 Å². The molecule has 21 heavy (non-hydrogen) atoms. The van der Waals surface area contributed by atoms with Gasteiger partial charge in [0.2, 0.25) is 0 Å². The summed E-state index contributed by atoms with van der Waals surface area (Å²) in [6.45, 7) is 1.98. The van der Waals surface area contributed by atoms with Crippen LogP contribution in [0.3, 0.4) is 0 Å². The van der Waals surface area contributed by atoms with Crippen LogP contribution >= 0.6 is 11.3 Å². The zero-order valence-electron chi connectivity index (χ0n) is 11.8. The first-order valence-corrected chi connectivity index (χ1v) is 7.06. The maximum atomic E-state index is 11.0. The lowest BCUT2D eigenvalue weighted by atomic mass is 10.1. The molecule has 1 rings (SSSR count). The molecule has 0 bridgehead atoms. The summed E-state index contributed by atoms with van der Waals surface area (Å²) in [5, 5.41) is 15.1. The fraction of sp³-hybridized carbons (Fsp3) is 0.455. The molecular formula is C11H19N7O2S. The van der Waals surface area contributed by atoms with Crippen LogP contribution in [-0.2, 0) is 11.2 Å². The number of rotatable bonds is 5. The van der Waals surface area contributed by atoms with Crippen molar-refractivity contribution in [3.8, 4) is 0 Å². The maximum absolute atomic E-state index is 11.0. The summed E-state index contributed by atoms with van der Waals surface area (Å²) < 4.78 is 4.40. The molecule has 0 saturated heterocycles. The summed E-state index contributed by atoms with van der Waals surface area (Å²) in [6.07, 6.45) is 0.616. The second-order valence-electron chi connectivity index (χ2n) is 4.10. The van der Waals surface area contributed by atoms with Crippen molar-refractivity contribution in [2.75, 3.05) is 12.4 Å². The topological polar surface area (TPSA) is 152 Å². The maximum Gasteiger partial charge on any atom is 0.436 e. The van der Waals surface area contributed by atoms with Gasteiger partial charge in [0.05, 0.1) is 12.8 Å². The molecule has 1 unspecified atom stereocenters. The summed E-state index contributed by atoms with van der Waals surface area (Å²) in [7, 11) is 1.23. The van der Waals surface area contributed by atoms with Crippen LogP contribution in [0.25, 0.3) is 0 Å². The Hall–Kier alpha value is -2.36. The van der Waals surface area contributed by atoms with Crippen LogP contribution in [-0.4, -0.2) is 36.1 Å². The number of guanidine groups is 2. The Labute approximate surface area is 126 Å². The Balaban J connectivity index is 2.61. The number of nitrogens with zero attached hydrogens (tertiary/aromatic N) is 2. The van der Waals surface area contributed by atoms with Crippen LogP contribution in [0.1, 0.15) is 19.0 Å². The number of nitrogens with two attached hydrogens (primary N) is 2. The third kappa shape index (κ3) is 6.08. The summed E-state index contributed by atoms with van der Waals surface area (Å²) in [5.41, 5.74) is 11.7. The van der Waals surface area contributed by atoms with Gasteiger partial charge in [0.15, 0.2) is 17.1 Å². The smallest absolute Gasteiger partial charge is 0.436 e. The number of carbonyl (C=O) groups is 1. The molecule has 7 N–H and O–H groups in total. The van der Waals surface area contributed by atoms with Crippen molar-refractivity contribution in [2.24, 2.45) is 16.5 Å². The average molecular weight is 313 g/mol. The highest BCUT2D eigenvalue weighted by atomic mass is 32.1. The van der Waals surface area contributed by atoms with Crippen molar-refractivity contribution in [3.63, 3.8) is 0 Å². The lowest BCUT2D eigenvalue weighted by Gasteiger charge is -2.15. The van der Waals surface area contributed by atoms with Crippen LogP contribution in [0.2, 0.25) is 0 Å². The van der Waals surface area contributed by atoms with Gasteiger partial charge in [-0.2, -0.15) is 0 Å². The first-order valence-electron chi connectivity index (χ1n) is 6.18. The van der Waals surface area contributed by atoms with Gasteiger partial charge >= 0.3 is 6.09 Å². The van der Waals surface area contributed by atoms with Crippen molar-refractivity contribution in [2.45, 2.75) is 25.8 Å². The number of thiazole rings is 1. The third-order valence-corrected chi connectivity index (χ3v) is 3.29. The van der Waals surface area contributed by atoms with Gasteiger partial charge in [-0.1, -0.05) is 6.92 Å². The minimum Gasteiger partial charge on any atom is -0.451 e. The molecule has 0 aliphatic heterocycles. The number of aliphatic imine (C=N–C) groups is 1. The van der Waals surface area contributed by atoms with E-state index in [1.165, 1.54) is 18.4 Å². The number of anilines is 1. The van der Waals surface area contributed by atoms with E-state index < -0.39 is 6.09 Å².